The van der Waals surface area contributed by atoms with Crippen molar-refractivity contribution in [1.82, 2.24) is 4.31 Å². The van der Waals surface area contributed by atoms with E-state index >= 15 is 0 Å². The highest BCUT2D eigenvalue weighted by Gasteiger charge is 2.23. The molecule has 0 aromatic heterocycles. The molecule has 1 rings (SSSR count). The summed E-state index contributed by atoms with van der Waals surface area (Å²) < 4.78 is 30.9. The second kappa shape index (κ2) is 6.87. The van der Waals surface area contributed by atoms with Crippen molar-refractivity contribution >= 4 is 21.6 Å². The summed E-state index contributed by atoms with van der Waals surface area (Å²) in [6.07, 6.45) is 0. The van der Waals surface area contributed by atoms with Crippen molar-refractivity contribution in [3.8, 4) is 6.07 Å². The summed E-state index contributed by atoms with van der Waals surface area (Å²) in [6.45, 7) is 2.67. The number of ether oxygens (including phenoxy) is 1. The lowest BCUT2D eigenvalue weighted by molar-refractivity contribution is 0.180. The Labute approximate surface area is 118 Å². The normalized spacial score (nSPS) is 11.5. The molecule has 19 heavy (non-hydrogen) atoms. The van der Waals surface area contributed by atoms with Gasteiger partial charge < -0.3 is 4.74 Å². The highest BCUT2D eigenvalue weighted by atomic mass is 35.5. The van der Waals surface area contributed by atoms with Crippen LogP contribution in [0.25, 0.3) is 0 Å². The van der Waals surface area contributed by atoms with Crippen LogP contribution in [-0.2, 0) is 14.8 Å². The van der Waals surface area contributed by atoms with Crippen LogP contribution in [0.15, 0.2) is 23.1 Å². The van der Waals surface area contributed by atoms with Gasteiger partial charge in [0, 0.05) is 20.2 Å². The van der Waals surface area contributed by atoms with Crippen molar-refractivity contribution in [3.63, 3.8) is 0 Å². The van der Waals surface area contributed by atoms with E-state index in [1.807, 2.05) is 6.07 Å². The molecule has 0 unspecified atom stereocenters. The van der Waals surface area contributed by atoms with E-state index in [4.69, 9.17) is 21.6 Å². The Hall–Kier alpha value is -1.13. The van der Waals surface area contributed by atoms with Crippen LogP contribution in [0.1, 0.15) is 12.5 Å². The fourth-order valence-electron chi connectivity index (χ4n) is 1.54. The summed E-state index contributed by atoms with van der Waals surface area (Å²) in [6, 6.07) is 5.97. The van der Waals surface area contributed by atoms with Crippen molar-refractivity contribution < 1.29 is 13.2 Å². The summed E-state index contributed by atoms with van der Waals surface area (Å²) in [5.41, 5.74) is 0.251. The lowest BCUT2D eigenvalue weighted by atomic mass is 10.2. The Kier molecular flexibility index (Phi) is 5.76. The number of benzene rings is 1. The Balaban J connectivity index is 3.12. The number of hydrogen-bond donors (Lipinski definition) is 0. The van der Waals surface area contributed by atoms with Crippen molar-refractivity contribution in [2.75, 3.05) is 26.8 Å². The minimum atomic E-state index is -3.61. The molecule has 0 fully saturated rings. The second-order valence-corrected chi connectivity index (χ2v) is 6.09. The predicted octanol–water partition coefficient (Wildman–Crippen LogP) is 1.87. The number of likely N-dealkylation sites (N-methyl/N-ethyl adjacent to an activating group) is 1. The SMILES string of the molecule is CCN(CCOC)S(=O)(=O)c1ccc(C#N)c(Cl)c1. The van der Waals surface area contributed by atoms with Crippen molar-refractivity contribution in [1.29, 1.82) is 5.26 Å². The van der Waals surface area contributed by atoms with Crippen LogP contribution in [0, 0.1) is 11.3 Å². The molecule has 5 nitrogen and oxygen atoms in total. The maximum absolute atomic E-state index is 12.3. The number of nitriles is 1. The molecule has 104 valence electrons. The maximum Gasteiger partial charge on any atom is 0.243 e. The molecule has 0 aliphatic heterocycles. The zero-order chi connectivity index (χ0) is 14.5. The summed E-state index contributed by atoms with van der Waals surface area (Å²) in [5, 5.41) is 8.90. The Morgan fingerprint density at radius 3 is 2.63 bits per heavy atom. The van der Waals surface area contributed by atoms with Gasteiger partial charge in [-0.15, -0.1) is 0 Å². The molecule has 1 aromatic carbocycles. The Bertz CT molecular complexity index is 581. The van der Waals surface area contributed by atoms with E-state index in [9.17, 15) is 8.42 Å². The lowest BCUT2D eigenvalue weighted by Crippen LogP contribution is -2.33. The Morgan fingerprint density at radius 2 is 2.16 bits per heavy atom. The molecule has 0 radical (unpaired) electrons. The van der Waals surface area contributed by atoms with Gasteiger partial charge in [-0.2, -0.15) is 9.57 Å². The topological polar surface area (TPSA) is 70.4 Å². The highest BCUT2D eigenvalue weighted by molar-refractivity contribution is 7.89. The van der Waals surface area contributed by atoms with E-state index < -0.39 is 10.0 Å². The number of halogens is 1. The van der Waals surface area contributed by atoms with Crippen molar-refractivity contribution in [3.05, 3.63) is 28.8 Å². The molecule has 0 saturated carbocycles. The van der Waals surface area contributed by atoms with Crippen LogP contribution in [0.3, 0.4) is 0 Å². The smallest absolute Gasteiger partial charge is 0.243 e. The molecule has 0 heterocycles. The first-order valence-corrected chi connectivity index (χ1v) is 7.48. The monoisotopic (exact) mass is 302 g/mol. The van der Waals surface area contributed by atoms with Crippen LogP contribution in [0.2, 0.25) is 5.02 Å². The van der Waals surface area contributed by atoms with Crippen molar-refractivity contribution in [2.45, 2.75) is 11.8 Å². The lowest BCUT2D eigenvalue weighted by Gasteiger charge is -2.20. The second-order valence-electron chi connectivity index (χ2n) is 3.74. The van der Waals surface area contributed by atoms with Gasteiger partial charge in [0.05, 0.1) is 22.1 Å². The molecule has 0 saturated heterocycles. The summed E-state index contributed by atoms with van der Waals surface area (Å²) in [7, 11) is -2.10. The van der Waals surface area contributed by atoms with Crippen LogP contribution < -0.4 is 0 Å². The highest BCUT2D eigenvalue weighted by Crippen LogP contribution is 2.22. The average molecular weight is 303 g/mol. The van der Waals surface area contributed by atoms with Crippen molar-refractivity contribution in [2.24, 2.45) is 0 Å². The van der Waals surface area contributed by atoms with Gasteiger partial charge in [-0.3, -0.25) is 0 Å². The first-order chi connectivity index (χ1) is 8.97. The number of sulfonamides is 1. The van der Waals surface area contributed by atoms with Gasteiger partial charge in [0.2, 0.25) is 10.0 Å². The predicted molar refractivity (Wildman–Crippen MR) is 72.5 cm³/mol. The largest absolute Gasteiger partial charge is 0.383 e. The van der Waals surface area contributed by atoms with E-state index in [1.165, 1.54) is 29.6 Å². The van der Waals surface area contributed by atoms with E-state index in [-0.39, 0.29) is 22.0 Å². The fraction of sp³-hybridized carbons (Fsp3) is 0.417. The Morgan fingerprint density at radius 1 is 1.47 bits per heavy atom. The molecule has 0 aliphatic carbocycles. The van der Waals surface area contributed by atoms with E-state index in [1.54, 1.807) is 6.92 Å². The number of hydrogen-bond acceptors (Lipinski definition) is 4. The van der Waals surface area contributed by atoms with Gasteiger partial charge in [-0.25, -0.2) is 8.42 Å². The first-order valence-electron chi connectivity index (χ1n) is 5.66. The molecular weight excluding hydrogens is 288 g/mol. The van der Waals surface area contributed by atoms with Gasteiger partial charge >= 0.3 is 0 Å². The molecule has 0 amide bonds. The molecule has 1 aromatic rings. The zero-order valence-electron chi connectivity index (χ0n) is 10.8. The third-order valence-corrected chi connectivity index (χ3v) is 4.88. The molecule has 0 N–H and O–H groups in total. The average Bonchev–Trinajstić information content (AvgIpc) is 2.39. The fourth-order valence-corrected chi connectivity index (χ4v) is 3.28. The van der Waals surface area contributed by atoms with Gasteiger partial charge in [0.1, 0.15) is 6.07 Å². The molecule has 0 bridgehead atoms. The minimum Gasteiger partial charge on any atom is -0.383 e. The molecule has 0 spiro atoms. The zero-order valence-corrected chi connectivity index (χ0v) is 12.3. The van der Waals surface area contributed by atoms with Gasteiger partial charge in [0.15, 0.2) is 0 Å². The minimum absolute atomic E-state index is 0.0782. The molecule has 0 aliphatic rings. The molecular formula is C12H15ClN2O3S. The van der Waals surface area contributed by atoms with E-state index in [2.05, 4.69) is 0 Å². The van der Waals surface area contributed by atoms with Gasteiger partial charge in [-0.05, 0) is 18.2 Å². The quantitative estimate of drug-likeness (QED) is 0.804. The molecule has 0 atom stereocenters. The third-order valence-electron chi connectivity index (χ3n) is 2.60. The third kappa shape index (κ3) is 3.67. The van der Waals surface area contributed by atoms with Gasteiger partial charge in [0.25, 0.3) is 0 Å². The standard InChI is InChI=1S/C12H15ClN2O3S/c1-3-15(6-7-18-2)19(16,17)11-5-4-10(9-14)12(13)8-11/h4-5,8H,3,6-7H2,1-2H3. The first kappa shape index (κ1) is 15.9. The molecule has 7 heteroatoms. The van der Waals surface area contributed by atoms with E-state index in [0.29, 0.717) is 13.2 Å². The van der Waals surface area contributed by atoms with Crippen LogP contribution in [-0.4, -0.2) is 39.5 Å². The van der Waals surface area contributed by atoms with Crippen LogP contribution in [0.4, 0.5) is 0 Å². The summed E-state index contributed by atoms with van der Waals surface area (Å²) in [4.78, 5) is 0.0782. The summed E-state index contributed by atoms with van der Waals surface area (Å²) >= 11 is 5.86. The van der Waals surface area contributed by atoms with Gasteiger partial charge in [-0.1, -0.05) is 18.5 Å². The van der Waals surface area contributed by atoms with Crippen LogP contribution in [0.5, 0.6) is 0 Å². The van der Waals surface area contributed by atoms with Crippen LogP contribution >= 0.6 is 11.6 Å². The number of nitrogens with zero attached hydrogens (tertiary/aromatic N) is 2. The maximum atomic E-state index is 12.3. The summed E-state index contributed by atoms with van der Waals surface area (Å²) in [5.74, 6) is 0. The number of rotatable bonds is 6. The number of methoxy groups -OCH3 is 1. The van der Waals surface area contributed by atoms with E-state index in [0.717, 1.165) is 0 Å².